The Bertz CT molecular complexity index is 858. The van der Waals surface area contributed by atoms with Crippen LogP contribution in [0.4, 0.5) is 4.39 Å². The SMILES string of the molecule is Cc1cc(C(=O)O)cc(-c2noc(-c3ccccc3F)n2)c1. The minimum Gasteiger partial charge on any atom is -0.478 e. The van der Waals surface area contributed by atoms with Crippen molar-refractivity contribution >= 4 is 5.97 Å². The van der Waals surface area contributed by atoms with Crippen molar-refractivity contribution in [2.24, 2.45) is 0 Å². The second-order valence-electron chi connectivity index (χ2n) is 4.80. The van der Waals surface area contributed by atoms with Gasteiger partial charge in [0.25, 0.3) is 5.89 Å². The van der Waals surface area contributed by atoms with Gasteiger partial charge in [0.2, 0.25) is 5.82 Å². The first-order chi connectivity index (χ1) is 10.5. The van der Waals surface area contributed by atoms with E-state index in [9.17, 15) is 9.18 Å². The molecular formula is C16H11FN2O3. The van der Waals surface area contributed by atoms with Gasteiger partial charge >= 0.3 is 5.97 Å². The lowest BCUT2D eigenvalue weighted by atomic mass is 10.1. The van der Waals surface area contributed by atoms with Crippen LogP contribution in [0.2, 0.25) is 0 Å². The summed E-state index contributed by atoms with van der Waals surface area (Å²) in [7, 11) is 0. The number of rotatable bonds is 3. The number of carboxylic acid groups (broad SMARTS) is 1. The zero-order valence-electron chi connectivity index (χ0n) is 11.6. The number of hydrogen-bond donors (Lipinski definition) is 1. The molecule has 1 aromatic heterocycles. The summed E-state index contributed by atoms with van der Waals surface area (Å²) in [5.74, 6) is -1.24. The van der Waals surface area contributed by atoms with Crippen LogP contribution in [0.1, 0.15) is 15.9 Å². The summed E-state index contributed by atoms with van der Waals surface area (Å²) in [6, 6.07) is 10.8. The van der Waals surface area contributed by atoms with Crippen LogP contribution in [0.3, 0.4) is 0 Å². The number of aromatic carboxylic acids is 1. The average Bonchev–Trinajstić information content (AvgIpc) is 2.96. The number of aromatic nitrogens is 2. The van der Waals surface area contributed by atoms with Crippen molar-refractivity contribution in [3.8, 4) is 22.8 Å². The van der Waals surface area contributed by atoms with Gasteiger partial charge in [-0.3, -0.25) is 0 Å². The number of carbonyl (C=O) groups is 1. The van der Waals surface area contributed by atoms with Crippen LogP contribution in [0.5, 0.6) is 0 Å². The molecule has 1 N–H and O–H groups in total. The molecule has 0 saturated carbocycles. The normalized spacial score (nSPS) is 10.6. The zero-order valence-corrected chi connectivity index (χ0v) is 11.6. The molecule has 0 atom stereocenters. The minimum absolute atomic E-state index is 0.0477. The van der Waals surface area contributed by atoms with Crippen LogP contribution in [-0.4, -0.2) is 21.2 Å². The lowest BCUT2D eigenvalue weighted by Crippen LogP contribution is -1.97. The van der Waals surface area contributed by atoms with Gasteiger partial charge in [0.05, 0.1) is 11.1 Å². The summed E-state index contributed by atoms with van der Waals surface area (Å²) in [6.45, 7) is 1.77. The van der Waals surface area contributed by atoms with Crippen molar-refractivity contribution < 1.29 is 18.8 Å². The van der Waals surface area contributed by atoms with Crippen LogP contribution in [0.25, 0.3) is 22.8 Å². The smallest absolute Gasteiger partial charge is 0.335 e. The predicted molar refractivity (Wildman–Crippen MR) is 76.8 cm³/mol. The molecule has 0 amide bonds. The van der Waals surface area contributed by atoms with E-state index in [1.807, 2.05) is 0 Å². The van der Waals surface area contributed by atoms with E-state index in [4.69, 9.17) is 9.63 Å². The van der Waals surface area contributed by atoms with Gasteiger partial charge in [-0.15, -0.1) is 0 Å². The minimum atomic E-state index is -1.04. The fourth-order valence-corrected chi connectivity index (χ4v) is 2.12. The molecule has 0 fully saturated rings. The molecule has 0 aliphatic heterocycles. The van der Waals surface area contributed by atoms with Crippen molar-refractivity contribution in [2.45, 2.75) is 6.92 Å². The Morgan fingerprint density at radius 2 is 2.00 bits per heavy atom. The highest BCUT2D eigenvalue weighted by molar-refractivity contribution is 5.89. The molecule has 0 aliphatic rings. The zero-order chi connectivity index (χ0) is 15.7. The number of halogens is 1. The Morgan fingerprint density at radius 1 is 1.23 bits per heavy atom. The average molecular weight is 298 g/mol. The third-order valence-electron chi connectivity index (χ3n) is 3.11. The standard InChI is InChI=1S/C16H11FN2O3/c1-9-6-10(8-11(7-9)16(20)21)14-18-15(22-19-14)12-4-2-3-5-13(12)17/h2-8H,1H3,(H,20,21). The van der Waals surface area contributed by atoms with Crippen LogP contribution < -0.4 is 0 Å². The van der Waals surface area contributed by atoms with Crippen LogP contribution >= 0.6 is 0 Å². The van der Waals surface area contributed by atoms with E-state index >= 15 is 0 Å². The summed E-state index contributed by atoms with van der Waals surface area (Å²) in [5.41, 5.74) is 1.59. The Kier molecular flexibility index (Phi) is 3.42. The van der Waals surface area contributed by atoms with Gasteiger partial charge in [0.15, 0.2) is 0 Å². The summed E-state index contributed by atoms with van der Waals surface area (Å²) >= 11 is 0. The van der Waals surface area contributed by atoms with Gasteiger partial charge in [-0.1, -0.05) is 17.3 Å². The summed E-state index contributed by atoms with van der Waals surface area (Å²) in [5, 5.41) is 12.9. The molecule has 22 heavy (non-hydrogen) atoms. The topological polar surface area (TPSA) is 76.2 Å². The number of nitrogens with zero attached hydrogens (tertiary/aromatic N) is 2. The molecule has 0 radical (unpaired) electrons. The van der Waals surface area contributed by atoms with E-state index in [0.29, 0.717) is 5.56 Å². The molecule has 0 bridgehead atoms. The van der Waals surface area contributed by atoms with E-state index in [-0.39, 0.29) is 22.8 Å². The summed E-state index contributed by atoms with van der Waals surface area (Å²) in [4.78, 5) is 15.2. The lowest BCUT2D eigenvalue weighted by molar-refractivity contribution is 0.0697. The van der Waals surface area contributed by atoms with Crippen LogP contribution in [-0.2, 0) is 0 Å². The molecular weight excluding hydrogens is 287 g/mol. The highest BCUT2D eigenvalue weighted by Crippen LogP contribution is 2.25. The molecule has 3 aromatic rings. The molecule has 6 heteroatoms. The molecule has 0 unspecified atom stereocenters. The first kappa shape index (κ1) is 13.9. The number of aryl methyl sites for hydroxylation is 1. The fourth-order valence-electron chi connectivity index (χ4n) is 2.12. The molecule has 5 nitrogen and oxygen atoms in total. The van der Waals surface area contributed by atoms with Crippen molar-refractivity contribution in [2.75, 3.05) is 0 Å². The second kappa shape index (κ2) is 5.40. The summed E-state index contributed by atoms with van der Waals surface area (Å²) in [6.07, 6.45) is 0. The fraction of sp³-hybridized carbons (Fsp3) is 0.0625. The van der Waals surface area contributed by atoms with E-state index in [1.54, 1.807) is 31.2 Å². The lowest BCUT2D eigenvalue weighted by Gasteiger charge is -2.00. The molecule has 1 heterocycles. The second-order valence-corrected chi connectivity index (χ2v) is 4.80. The number of benzene rings is 2. The van der Waals surface area contributed by atoms with Gasteiger partial charge in [0, 0.05) is 5.56 Å². The van der Waals surface area contributed by atoms with Gasteiger partial charge in [0.1, 0.15) is 5.82 Å². The van der Waals surface area contributed by atoms with E-state index in [2.05, 4.69) is 10.1 Å². The number of hydrogen-bond acceptors (Lipinski definition) is 4. The van der Waals surface area contributed by atoms with Crippen LogP contribution in [0.15, 0.2) is 47.0 Å². The Balaban J connectivity index is 2.05. The molecule has 2 aromatic carbocycles. The molecule has 0 spiro atoms. The van der Waals surface area contributed by atoms with Crippen molar-refractivity contribution in [1.82, 2.24) is 10.1 Å². The van der Waals surface area contributed by atoms with Crippen molar-refractivity contribution in [1.29, 1.82) is 0 Å². The summed E-state index contributed by atoms with van der Waals surface area (Å²) < 4.78 is 18.8. The third kappa shape index (κ3) is 2.58. The quantitative estimate of drug-likeness (QED) is 0.800. The molecule has 110 valence electrons. The first-order valence-corrected chi connectivity index (χ1v) is 6.48. The van der Waals surface area contributed by atoms with E-state index < -0.39 is 11.8 Å². The van der Waals surface area contributed by atoms with Gasteiger partial charge < -0.3 is 9.63 Å². The maximum atomic E-state index is 13.7. The Hall–Kier alpha value is -3.02. The van der Waals surface area contributed by atoms with E-state index in [1.165, 1.54) is 18.2 Å². The highest BCUT2D eigenvalue weighted by Gasteiger charge is 2.15. The van der Waals surface area contributed by atoms with Gasteiger partial charge in [-0.05, 0) is 42.8 Å². The first-order valence-electron chi connectivity index (χ1n) is 6.48. The number of carboxylic acids is 1. The maximum absolute atomic E-state index is 13.7. The van der Waals surface area contributed by atoms with Gasteiger partial charge in [-0.25, -0.2) is 9.18 Å². The Morgan fingerprint density at radius 3 is 2.73 bits per heavy atom. The predicted octanol–water partition coefficient (Wildman–Crippen LogP) is 3.55. The third-order valence-corrected chi connectivity index (χ3v) is 3.11. The highest BCUT2D eigenvalue weighted by atomic mass is 19.1. The largest absolute Gasteiger partial charge is 0.478 e. The Labute approximate surface area is 125 Å². The molecule has 0 saturated heterocycles. The molecule has 0 aliphatic carbocycles. The van der Waals surface area contributed by atoms with Crippen molar-refractivity contribution in [3.05, 3.63) is 59.4 Å². The molecule has 3 rings (SSSR count). The monoisotopic (exact) mass is 298 g/mol. The van der Waals surface area contributed by atoms with E-state index in [0.717, 1.165) is 5.56 Å². The maximum Gasteiger partial charge on any atom is 0.335 e. The van der Waals surface area contributed by atoms with Crippen LogP contribution in [0, 0.1) is 12.7 Å². The van der Waals surface area contributed by atoms with Gasteiger partial charge in [-0.2, -0.15) is 4.98 Å². The van der Waals surface area contributed by atoms with Crippen molar-refractivity contribution in [3.63, 3.8) is 0 Å².